The number of aromatic carboxylic acids is 1. The zero-order chi connectivity index (χ0) is 13.4. The smallest absolute Gasteiger partial charge is 0.335 e. The minimum atomic E-state index is -0.945. The van der Waals surface area contributed by atoms with E-state index in [-0.39, 0.29) is 5.56 Å². The standard InChI is InChI=1S/C15H9ClO2S/c16-12-6-5-10(15(17)18)7-11(12)14-8-9-3-1-2-4-13(9)19-14/h1-8H,(H,17,18). The summed E-state index contributed by atoms with van der Waals surface area (Å²) in [6.45, 7) is 0. The molecule has 0 fully saturated rings. The number of fused-ring (bicyclic) bond motifs is 1. The highest BCUT2D eigenvalue weighted by atomic mass is 35.5. The number of thiophene rings is 1. The minimum absolute atomic E-state index is 0.247. The first-order chi connectivity index (χ1) is 9.15. The summed E-state index contributed by atoms with van der Waals surface area (Å²) in [5.41, 5.74) is 1.01. The number of carboxylic acid groups (broad SMARTS) is 1. The van der Waals surface area contributed by atoms with Crippen molar-refractivity contribution in [3.8, 4) is 10.4 Å². The Morgan fingerprint density at radius 1 is 1.11 bits per heavy atom. The molecule has 0 atom stereocenters. The molecule has 0 bridgehead atoms. The van der Waals surface area contributed by atoms with Crippen molar-refractivity contribution in [2.75, 3.05) is 0 Å². The average molecular weight is 289 g/mol. The van der Waals surface area contributed by atoms with Crippen LogP contribution in [0.4, 0.5) is 0 Å². The van der Waals surface area contributed by atoms with Crippen LogP contribution in [0.1, 0.15) is 10.4 Å². The lowest BCUT2D eigenvalue weighted by molar-refractivity contribution is 0.0697. The lowest BCUT2D eigenvalue weighted by Crippen LogP contribution is -1.95. The first-order valence-electron chi connectivity index (χ1n) is 5.67. The van der Waals surface area contributed by atoms with E-state index in [1.54, 1.807) is 23.5 Å². The van der Waals surface area contributed by atoms with Gasteiger partial charge in [0.15, 0.2) is 0 Å². The molecule has 0 unspecified atom stereocenters. The second kappa shape index (κ2) is 4.68. The van der Waals surface area contributed by atoms with E-state index in [1.807, 2.05) is 30.3 Å². The van der Waals surface area contributed by atoms with E-state index in [4.69, 9.17) is 16.7 Å². The van der Waals surface area contributed by atoms with Crippen LogP contribution in [0.2, 0.25) is 5.02 Å². The second-order valence-electron chi connectivity index (χ2n) is 4.15. The Morgan fingerprint density at radius 2 is 1.89 bits per heavy atom. The van der Waals surface area contributed by atoms with Gasteiger partial charge in [-0.1, -0.05) is 29.8 Å². The van der Waals surface area contributed by atoms with Crippen molar-refractivity contribution in [1.82, 2.24) is 0 Å². The molecule has 94 valence electrons. The van der Waals surface area contributed by atoms with Gasteiger partial charge in [0.1, 0.15) is 0 Å². The van der Waals surface area contributed by atoms with Gasteiger partial charge < -0.3 is 5.11 Å². The molecule has 1 aromatic heterocycles. The van der Waals surface area contributed by atoms with Crippen LogP contribution in [0.3, 0.4) is 0 Å². The molecule has 0 aliphatic carbocycles. The highest BCUT2D eigenvalue weighted by molar-refractivity contribution is 7.22. The van der Waals surface area contributed by atoms with Gasteiger partial charge in [-0.2, -0.15) is 0 Å². The Hall–Kier alpha value is -1.84. The highest BCUT2D eigenvalue weighted by Crippen LogP contribution is 2.37. The molecule has 0 aliphatic rings. The fourth-order valence-electron chi connectivity index (χ4n) is 1.96. The largest absolute Gasteiger partial charge is 0.478 e. The molecule has 3 aromatic rings. The lowest BCUT2D eigenvalue weighted by Gasteiger charge is -2.02. The summed E-state index contributed by atoms with van der Waals surface area (Å²) in [5, 5.41) is 10.8. The minimum Gasteiger partial charge on any atom is -0.478 e. The third kappa shape index (κ3) is 2.23. The van der Waals surface area contributed by atoms with Crippen LogP contribution in [0.5, 0.6) is 0 Å². The summed E-state index contributed by atoms with van der Waals surface area (Å²) >= 11 is 7.78. The number of hydrogen-bond donors (Lipinski definition) is 1. The normalized spacial score (nSPS) is 10.8. The summed E-state index contributed by atoms with van der Waals surface area (Å²) in [7, 11) is 0. The van der Waals surface area contributed by atoms with Crippen LogP contribution < -0.4 is 0 Å². The molecule has 0 spiro atoms. The van der Waals surface area contributed by atoms with Crippen molar-refractivity contribution in [3.63, 3.8) is 0 Å². The van der Waals surface area contributed by atoms with Crippen molar-refractivity contribution in [3.05, 3.63) is 59.1 Å². The molecule has 1 heterocycles. The van der Waals surface area contributed by atoms with Crippen LogP contribution in [0.25, 0.3) is 20.5 Å². The van der Waals surface area contributed by atoms with Gasteiger partial charge >= 0.3 is 5.97 Å². The Morgan fingerprint density at radius 3 is 2.63 bits per heavy atom. The molecule has 1 N–H and O–H groups in total. The van der Waals surface area contributed by atoms with Gasteiger partial charge in [-0.25, -0.2) is 4.79 Å². The van der Waals surface area contributed by atoms with Crippen LogP contribution in [0, 0.1) is 0 Å². The highest BCUT2D eigenvalue weighted by Gasteiger charge is 2.11. The molecule has 0 radical (unpaired) electrons. The Kier molecular flexibility index (Phi) is 3.01. The molecule has 4 heteroatoms. The van der Waals surface area contributed by atoms with E-state index in [1.165, 1.54) is 6.07 Å². The van der Waals surface area contributed by atoms with Crippen LogP contribution in [0.15, 0.2) is 48.5 Å². The van der Waals surface area contributed by atoms with Crippen LogP contribution in [-0.2, 0) is 0 Å². The molecule has 19 heavy (non-hydrogen) atoms. The molecule has 0 amide bonds. The van der Waals surface area contributed by atoms with Gasteiger partial charge in [-0.3, -0.25) is 0 Å². The fraction of sp³-hybridized carbons (Fsp3) is 0. The maximum Gasteiger partial charge on any atom is 0.335 e. The fourth-order valence-corrected chi connectivity index (χ4v) is 3.33. The predicted molar refractivity (Wildman–Crippen MR) is 79.2 cm³/mol. The number of hydrogen-bond acceptors (Lipinski definition) is 2. The van der Waals surface area contributed by atoms with Crippen LogP contribution >= 0.6 is 22.9 Å². The Balaban J connectivity index is 2.20. The van der Waals surface area contributed by atoms with E-state index in [2.05, 4.69) is 0 Å². The molecular formula is C15H9ClO2S. The summed E-state index contributed by atoms with van der Waals surface area (Å²) in [6, 6.07) is 14.8. The molecular weight excluding hydrogens is 280 g/mol. The Bertz CT molecular complexity index is 744. The maximum absolute atomic E-state index is 11.0. The van der Waals surface area contributed by atoms with Gasteiger partial charge in [-0.05, 0) is 35.7 Å². The summed E-state index contributed by atoms with van der Waals surface area (Å²) < 4.78 is 1.16. The zero-order valence-electron chi connectivity index (χ0n) is 9.76. The molecule has 0 saturated heterocycles. The number of carbonyl (C=O) groups is 1. The van der Waals surface area contributed by atoms with Crippen molar-refractivity contribution in [2.24, 2.45) is 0 Å². The van der Waals surface area contributed by atoms with Gasteiger partial charge in [0.25, 0.3) is 0 Å². The number of halogens is 1. The van der Waals surface area contributed by atoms with Gasteiger partial charge in [0.05, 0.1) is 5.56 Å². The summed E-state index contributed by atoms with van der Waals surface area (Å²) in [5.74, 6) is -0.945. The summed E-state index contributed by atoms with van der Waals surface area (Å²) in [6.07, 6.45) is 0. The SMILES string of the molecule is O=C(O)c1ccc(Cl)c(-c2cc3ccccc3s2)c1. The third-order valence-electron chi connectivity index (χ3n) is 2.90. The first-order valence-corrected chi connectivity index (χ1v) is 6.86. The van der Waals surface area contributed by atoms with E-state index in [0.717, 1.165) is 20.5 Å². The van der Waals surface area contributed by atoms with Crippen LogP contribution in [-0.4, -0.2) is 11.1 Å². The van der Waals surface area contributed by atoms with Gasteiger partial charge in [-0.15, -0.1) is 11.3 Å². The van der Waals surface area contributed by atoms with Gasteiger partial charge in [0.2, 0.25) is 0 Å². The maximum atomic E-state index is 11.0. The van der Waals surface area contributed by atoms with Crippen molar-refractivity contribution in [2.45, 2.75) is 0 Å². The lowest BCUT2D eigenvalue weighted by atomic mass is 10.1. The van der Waals surface area contributed by atoms with Gasteiger partial charge in [0, 0.05) is 20.2 Å². The average Bonchev–Trinajstić information content (AvgIpc) is 2.82. The van der Waals surface area contributed by atoms with E-state index in [0.29, 0.717) is 5.02 Å². The summed E-state index contributed by atoms with van der Waals surface area (Å²) in [4.78, 5) is 12.0. The monoisotopic (exact) mass is 288 g/mol. The van der Waals surface area contributed by atoms with E-state index >= 15 is 0 Å². The van der Waals surface area contributed by atoms with E-state index in [9.17, 15) is 4.79 Å². The number of rotatable bonds is 2. The predicted octanol–water partition coefficient (Wildman–Crippen LogP) is 4.92. The molecule has 0 aliphatic heterocycles. The van der Waals surface area contributed by atoms with E-state index < -0.39 is 5.97 Å². The molecule has 2 aromatic carbocycles. The quantitative estimate of drug-likeness (QED) is 0.727. The Labute approximate surface area is 118 Å². The first kappa shape index (κ1) is 12.2. The molecule has 3 rings (SSSR count). The number of benzene rings is 2. The van der Waals surface area contributed by atoms with Crippen molar-refractivity contribution < 1.29 is 9.90 Å². The number of carboxylic acids is 1. The second-order valence-corrected chi connectivity index (χ2v) is 5.64. The van der Waals surface area contributed by atoms with Crippen molar-refractivity contribution in [1.29, 1.82) is 0 Å². The van der Waals surface area contributed by atoms with Crippen molar-refractivity contribution >= 4 is 39.0 Å². The third-order valence-corrected chi connectivity index (χ3v) is 4.38. The topological polar surface area (TPSA) is 37.3 Å². The zero-order valence-corrected chi connectivity index (χ0v) is 11.3. The molecule has 2 nitrogen and oxygen atoms in total. The molecule has 0 saturated carbocycles.